The smallest absolute Gasteiger partial charge is 0.263 e. The van der Waals surface area contributed by atoms with Crippen molar-refractivity contribution in [1.29, 1.82) is 0 Å². The first-order valence-corrected chi connectivity index (χ1v) is 10.3. The Hall–Kier alpha value is -2.83. The maximum absolute atomic E-state index is 13.2. The maximum Gasteiger partial charge on any atom is 0.263 e. The highest BCUT2D eigenvalue weighted by atomic mass is 35.5. The molecular formula is C22H19ClN2O3S. The third-order valence-corrected chi connectivity index (χ3v) is 5.81. The summed E-state index contributed by atoms with van der Waals surface area (Å²) in [5.74, 6) is 2.16. The molecule has 4 aromatic rings. The van der Waals surface area contributed by atoms with Gasteiger partial charge in [-0.3, -0.25) is 9.36 Å². The Morgan fingerprint density at radius 2 is 1.76 bits per heavy atom. The van der Waals surface area contributed by atoms with E-state index in [1.54, 1.807) is 35.9 Å². The lowest BCUT2D eigenvalue weighted by Crippen LogP contribution is -2.26. The molecule has 2 aromatic heterocycles. The Labute approximate surface area is 177 Å². The number of benzene rings is 2. The highest BCUT2D eigenvalue weighted by Crippen LogP contribution is 2.32. The number of rotatable bonds is 6. The van der Waals surface area contributed by atoms with Gasteiger partial charge < -0.3 is 9.47 Å². The van der Waals surface area contributed by atoms with Crippen molar-refractivity contribution in [3.8, 4) is 22.6 Å². The van der Waals surface area contributed by atoms with Gasteiger partial charge in [0.1, 0.15) is 28.8 Å². The van der Waals surface area contributed by atoms with Gasteiger partial charge in [-0.1, -0.05) is 23.7 Å². The Morgan fingerprint density at radius 1 is 1.07 bits per heavy atom. The molecular weight excluding hydrogens is 408 g/mol. The van der Waals surface area contributed by atoms with Crippen molar-refractivity contribution in [2.45, 2.75) is 13.5 Å². The van der Waals surface area contributed by atoms with Gasteiger partial charge >= 0.3 is 0 Å². The van der Waals surface area contributed by atoms with Crippen LogP contribution in [0.5, 0.6) is 11.5 Å². The molecule has 0 unspecified atom stereocenters. The molecule has 4 rings (SSSR count). The number of thiophene rings is 1. The molecule has 5 nitrogen and oxygen atoms in total. The molecule has 2 aromatic carbocycles. The SMILES string of the molecule is COc1ccc(-c2csc3nc(C)n(CCOc4ccc(Cl)cc4)c(=O)c23)cc1. The van der Waals surface area contributed by atoms with E-state index in [0.717, 1.165) is 21.7 Å². The van der Waals surface area contributed by atoms with Crippen LogP contribution in [0.1, 0.15) is 5.82 Å². The van der Waals surface area contributed by atoms with Crippen molar-refractivity contribution in [1.82, 2.24) is 9.55 Å². The fourth-order valence-corrected chi connectivity index (χ4v) is 4.27. The average molecular weight is 427 g/mol. The summed E-state index contributed by atoms with van der Waals surface area (Å²) in [6, 6.07) is 14.8. The number of hydrogen-bond acceptors (Lipinski definition) is 5. The molecule has 0 bridgehead atoms. The summed E-state index contributed by atoms with van der Waals surface area (Å²) in [6.07, 6.45) is 0. The number of ether oxygens (including phenoxy) is 2. The van der Waals surface area contributed by atoms with E-state index >= 15 is 0 Å². The van der Waals surface area contributed by atoms with Crippen LogP contribution in [0.3, 0.4) is 0 Å². The Kier molecular flexibility index (Phi) is 5.56. The highest BCUT2D eigenvalue weighted by Gasteiger charge is 2.15. The molecule has 0 amide bonds. The molecule has 2 heterocycles. The molecule has 0 saturated heterocycles. The van der Waals surface area contributed by atoms with Crippen molar-refractivity contribution in [2.24, 2.45) is 0 Å². The second-order valence-corrected chi connectivity index (χ2v) is 7.77. The molecule has 0 radical (unpaired) electrons. The Balaban J connectivity index is 1.64. The lowest BCUT2D eigenvalue weighted by Gasteiger charge is -2.11. The quantitative estimate of drug-likeness (QED) is 0.426. The molecule has 0 N–H and O–H groups in total. The van der Waals surface area contributed by atoms with Gasteiger partial charge in [0.05, 0.1) is 19.0 Å². The molecule has 0 aliphatic heterocycles. The summed E-state index contributed by atoms with van der Waals surface area (Å²) in [5, 5.41) is 3.27. The van der Waals surface area contributed by atoms with Crippen LogP contribution < -0.4 is 15.0 Å². The van der Waals surface area contributed by atoms with Crippen LogP contribution in [0, 0.1) is 6.92 Å². The number of fused-ring (bicyclic) bond motifs is 1. The number of aryl methyl sites for hydroxylation is 1. The van der Waals surface area contributed by atoms with Crippen LogP contribution in [0.15, 0.2) is 58.7 Å². The normalized spacial score (nSPS) is 11.0. The fourth-order valence-electron chi connectivity index (χ4n) is 3.16. The maximum atomic E-state index is 13.2. The van der Waals surface area contributed by atoms with E-state index in [9.17, 15) is 4.79 Å². The molecule has 0 aliphatic rings. The molecule has 0 spiro atoms. The Morgan fingerprint density at radius 3 is 2.45 bits per heavy atom. The van der Waals surface area contributed by atoms with E-state index in [2.05, 4.69) is 4.98 Å². The summed E-state index contributed by atoms with van der Waals surface area (Å²) < 4.78 is 12.6. The van der Waals surface area contributed by atoms with E-state index in [1.165, 1.54) is 11.3 Å². The zero-order valence-corrected chi connectivity index (χ0v) is 17.6. The molecule has 0 atom stereocenters. The van der Waals surface area contributed by atoms with Crippen LogP contribution in [-0.2, 0) is 6.54 Å². The van der Waals surface area contributed by atoms with Crippen molar-refractivity contribution in [2.75, 3.05) is 13.7 Å². The minimum atomic E-state index is -0.0562. The van der Waals surface area contributed by atoms with Gasteiger partial charge in [-0.05, 0) is 48.9 Å². The molecule has 148 valence electrons. The first-order chi connectivity index (χ1) is 14.1. The summed E-state index contributed by atoms with van der Waals surface area (Å²) in [6.45, 7) is 2.61. The minimum absolute atomic E-state index is 0.0562. The van der Waals surface area contributed by atoms with Crippen LogP contribution in [0.4, 0.5) is 0 Å². The number of aromatic nitrogens is 2. The monoisotopic (exact) mass is 426 g/mol. The van der Waals surface area contributed by atoms with Gasteiger partial charge in [-0.2, -0.15) is 0 Å². The third kappa shape index (κ3) is 3.99. The number of methoxy groups -OCH3 is 1. The lowest BCUT2D eigenvalue weighted by atomic mass is 10.1. The predicted octanol–water partition coefficient (Wildman–Crippen LogP) is 5.17. The zero-order valence-electron chi connectivity index (χ0n) is 16.0. The molecule has 0 saturated carbocycles. The number of hydrogen-bond donors (Lipinski definition) is 0. The fraction of sp³-hybridized carbons (Fsp3) is 0.182. The van der Waals surface area contributed by atoms with Gasteiger partial charge in [-0.15, -0.1) is 11.3 Å². The largest absolute Gasteiger partial charge is 0.497 e. The molecule has 7 heteroatoms. The summed E-state index contributed by atoms with van der Waals surface area (Å²) in [5.41, 5.74) is 1.79. The topological polar surface area (TPSA) is 53.4 Å². The van der Waals surface area contributed by atoms with Gasteiger partial charge in [0.2, 0.25) is 0 Å². The van der Waals surface area contributed by atoms with Crippen molar-refractivity contribution < 1.29 is 9.47 Å². The predicted molar refractivity (Wildman–Crippen MR) is 118 cm³/mol. The zero-order chi connectivity index (χ0) is 20.4. The van der Waals surface area contributed by atoms with Gasteiger partial charge in [0.15, 0.2) is 0 Å². The second kappa shape index (κ2) is 8.27. The van der Waals surface area contributed by atoms with Gasteiger partial charge in [0, 0.05) is 16.0 Å². The van der Waals surface area contributed by atoms with E-state index in [0.29, 0.717) is 35.1 Å². The summed E-state index contributed by atoms with van der Waals surface area (Å²) in [4.78, 5) is 18.6. The van der Waals surface area contributed by atoms with E-state index < -0.39 is 0 Å². The van der Waals surface area contributed by atoms with E-state index in [4.69, 9.17) is 21.1 Å². The summed E-state index contributed by atoms with van der Waals surface area (Å²) in [7, 11) is 1.63. The average Bonchev–Trinajstić information content (AvgIpc) is 3.15. The summed E-state index contributed by atoms with van der Waals surface area (Å²) >= 11 is 7.37. The van der Waals surface area contributed by atoms with Crippen LogP contribution in [0.2, 0.25) is 5.02 Å². The van der Waals surface area contributed by atoms with Crippen molar-refractivity contribution in [3.05, 3.63) is 75.1 Å². The first-order valence-electron chi connectivity index (χ1n) is 9.08. The molecule has 29 heavy (non-hydrogen) atoms. The first kappa shape index (κ1) is 19.5. The standard InChI is InChI=1S/C22H19ClN2O3S/c1-14-24-21-20(19(13-29-21)15-3-7-17(27-2)8-4-15)22(26)25(14)11-12-28-18-9-5-16(23)6-10-18/h3-10,13H,11-12H2,1-2H3. The molecule has 0 fully saturated rings. The number of halogens is 1. The lowest BCUT2D eigenvalue weighted by molar-refractivity contribution is 0.294. The molecule has 0 aliphatic carbocycles. The Bertz CT molecular complexity index is 1200. The van der Waals surface area contributed by atoms with Gasteiger partial charge in [0.25, 0.3) is 5.56 Å². The van der Waals surface area contributed by atoms with E-state index in [-0.39, 0.29) is 5.56 Å². The highest BCUT2D eigenvalue weighted by molar-refractivity contribution is 7.17. The van der Waals surface area contributed by atoms with Crippen molar-refractivity contribution >= 4 is 33.2 Å². The van der Waals surface area contributed by atoms with Crippen LogP contribution >= 0.6 is 22.9 Å². The third-order valence-electron chi connectivity index (χ3n) is 4.68. The second-order valence-electron chi connectivity index (χ2n) is 6.48. The van der Waals surface area contributed by atoms with Gasteiger partial charge in [-0.25, -0.2) is 4.98 Å². The van der Waals surface area contributed by atoms with E-state index in [1.807, 2.05) is 36.6 Å². The minimum Gasteiger partial charge on any atom is -0.497 e. The van der Waals surface area contributed by atoms with Crippen LogP contribution in [-0.4, -0.2) is 23.3 Å². The van der Waals surface area contributed by atoms with Crippen molar-refractivity contribution in [3.63, 3.8) is 0 Å². The van der Waals surface area contributed by atoms with Crippen LogP contribution in [0.25, 0.3) is 21.3 Å². The number of nitrogens with zero attached hydrogens (tertiary/aromatic N) is 2.